The van der Waals surface area contributed by atoms with Crippen LogP contribution in [0.4, 0.5) is 0 Å². The minimum atomic E-state index is -0.152. The molecule has 0 aromatic carbocycles. The Morgan fingerprint density at radius 3 is 2.58 bits per heavy atom. The van der Waals surface area contributed by atoms with Gasteiger partial charge in [-0.2, -0.15) is 0 Å². The predicted octanol–water partition coefficient (Wildman–Crippen LogP) is 0.884. The van der Waals surface area contributed by atoms with Crippen molar-refractivity contribution in [2.75, 3.05) is 39.3 Å². The Kier molecular flexibility index (Phi) is 5.19. The van der Waals surface area contributed by atoms with Gasteiger partial charge < -0.3 is 9.64 Å². The van der Waals surface area contributed by atoms with Gasteiger partial charge in [0.25, 0.3) is 0 Å². The molecular formula is C14H24N2O3. The van der Waals surface area contributed by atoms with Gasteiger partial charge in [-0.3, -0.25) is 14.5 Å². The van der Waals surface area contributed by atoms with Crippen LogP contribution >= 0.6 is 0 Å². The lowest BCUT2D eigenvalue weighted by atomic mass is 9.98. The van der Waals surface area contributed by atoms with Gasteiger partial charge in [0.15, 0.2) is 0 Å². The molecular weight excluding hydrogens is 244 g/mol. The van der Waals surface area contributed by atoms with Crippen molar-refractivity contribution < 1.29 is 14.3 Å². The van der Waals surface area contributed by atoms with E-state index in [4.69, 9.17) is 4.74 Å². The maximum absolute atomic E-state index is 12.2. The number of likely N-dealkylation sites (tertiary alicyclic amines) is 2. The smallest absolute Gasteiger partial charge is 0.310 e. The molecule has 2 saturated heterocycles. The monoisotopic (exact) mass is 268 g/mol. The molecule has 1 amide bonds. The van der Waals surface area contributed by atoms with Crippen molar-refractivity contribution in [3.05, 3.63) is 0 Å². The first kappa shape index (κ1) is 14.3. The lowest BCUT2D eigenvalue weighted by Gasteiger charge is -2.32. The SMILES string of the molecule is CCOC(=O)C1CCCN(C(=O)CN2CCCC2)C1. The van der Waals surface area contributed by atoms with Crippen LogP contribution in [-0.4, -0.2) is 61.0 Å². The largest absolute Gasteiger partial charge is 0.466 e. The van der Waals surface area contributed by atoms with E-state index in [-0.39, 0.29) is 17.8 Å². The molecule has 5 heteroatoms. The van der Waals surface area contributed by atoms with Crippen LogP contribution in [0.1, 0.15) is 32.6 Å². The van der Waals surface area contributed by atoms with Crippen LogP contribution in [0.3, 0.4) is 0 Å². The lowest BCUT2D eigenvalue weighted by Crippen LogP contribution is -2.46. The van der Waals surface area contributed by atoms with Crippen molar-refractivity contribution in [1.82, 2.24) is 9.80 Å². The Balaban J connectivity index is 1.82. The van der Waals surface area contributed by atoms with Crippen LogP contribution in [0.15, 0.2) is 0 Å². The van der Waals surface area contributed by atoms with Gasteiger partial charge in [0.1, 0.15) is 0 Å². The summed E-state index contributed by atoms with van der Waals surface area (Å²) in [6.45, 7) is 6.11. The fourth-order valence-electron chi connectivity index (χ4n) is 2.89. The fourth-order valence-corrected chi connectivity index (χ4v) is 2.89. The van der Waals surface area contributed by atoms with E-state index in [9.17, 15) is 9.59 Å². The standard InChI is InChI=1S/C14H24N2O3/c1-2-19-14(18)12-6-5-9-16(10-12)13(17)11-15-7-3-4-8-15/h12H,2-11H2,1H3. The van der Waals surface area contributed by atoms with Crippen molar-refractivity contribution >= 4 is 11.9 Å². The zero-order valence-corrected chi connectivity index (χ0v) is 11.8. The number of nitrogens with zero attached hydrogens (tertiary/aromatic N) is 2. The second kappa shape index (κ2) is 6.89. The maximum Gasteiger partial charge on any atom is 0.310 e. The minimum Gasteiger partial charge on any atom is -0.466 e. The Morgan fingerprint density at radius 1 is 1.16 bits per heavy atom. The summed E-state index contributed by atoms with van der Waals surface area (Å²) in [5, 5.41) is 0. The molecule has 0 saturated carbocycles. The molecule has 0 spiro atoms. The summed E-state index contributed by atoms with van der Waals surface area (Å²) >= 11 is 0. The molecule has 0 aliphatic carbocycles. The molecule has 0 bridgehead atoms. The van der Waals surface area contributed by atoms with E-state index >= 15 is 0 Å². The summed E-state index contributed by atoms with van der Waals surface area (Å²) in [7, 11) is 0. The summed E-state index contributed by atoms with van der Waals surface area (Å²) in [5.41, 5.74) is 0. The number of esters is 1. The predicted molar refractivity (Wildman–Crippen MR) is 71.6 cm³/mol. The second-order valence-electron chi connectivity index (χ2n) is 5.41. The third-order valence-electron chi connectivity index (χ3n) is 3.95. The van der Waals surface area contributed by atoms with Crippen LogP contribution < -0.4 is 0 Å². The number of ether oxygens (including phenoxy) is 1. The molecule has 19 heavy (non-hydrogen) atoms. The number of rotatable bonds is 4. The van der Waals surface area contributed by atoms with Crippen LogP contribution in [0.5, 0.6) is 0 Å². The Morgan fingerprint density at radius 2 is 1.89 bits per heavy atom. The summed E-state index contributed by atoms with van der Waals surface area (Å²) < 4.78 is 5.06. The van der Waals surface area contributed by atoms with Crippen molar-refractivity contribution in [3.63, 3.8) is 0 Å². The van der Waals surface area contributed by atoms with Gasteiger partial charge in [0.05, 0.1) is 19.1 Å². The molecule has 0 N–H and O–H groups in total. The molecule has 1 atom stereocenters. The van der Waals surface area contributed by atoms with E-state index in [1.807, 2.05) is 11.8 Å². The molecule has 2 aliphatic rings. The van der Waals surface area contributed by atoms with E-state index in [0.29, 0.717) is 19.7 Å². The zero-order valence-electron chi connectivity index (χ0n) is 11.8. The average molecular weight is 268 g/mol. The first-order valence-corrected chi connectivity index (χ1v) is 7.37. The summed E-state index contributed by atoms with van der Waals surface area (Å²) in [5.74, 6) is -0.117. The van der Waals surface area contributed by atoms with Crippen LogP contribution in [-0.2, 0) is 14.3 Å². The number of amides is 1. The van der Waals surface area contributed by atoms with Crippen molar-refractivity contribution in [3.8, 4) is 0 Å². The number of hydrogen-bond acceptors (Lipinski definition) is 4. The third-order valence-corrected chi connectivity index (χ3v) is 3.95. The van der Waals surface area contributed by atoms with E-state index in [0.717, 1.165) is 32.5 Å². The highest BCUT2D eigenvalue weighted by Gasteiger charge is 2.30. The molecule has 1 unspecified atom stereocenters. The lowest BCUT2D eigenvalue weighted by molar-refractivity contribution is -0.151. The number of hydrogen-bond donors (Lipinski definition) is 0. The molecule has 2 aliphatic heterocycles. The van der Waals surface area contributed by atoms with E-state index in [2.05, 4.69) is 4.90 Å². The van der Waals surface area contributed by atoms with Gasteiger partial charge in [-0.15, -0.1) is 0 Å². The molecule has 0 aromatic heterocycles. The first-order chi connectivity index (χ1) is 9.20. The number of carbonyl (C=O) groups is 2. The Hall–Kier alpha value is -1.10. The quantitative estimate of drug-likeness (QED) is 0.710. The maximum atomic E-state index is 12.2. The van der Waals surface area contributed by atoms with Gasteiger partial charge in [0, 0.05) is 13.1 Å². The van der Waals surface area contributed by atoms with Gasteiger partial charge in [-0.1, -0.05) is 0 Å². The fraction of sp³-hybridized carbons (Fsp3) is 0.857. The average Bonchev–Trinajstić information content (AvgIpc) is 2.92. The summed E-state index contributed by atoms with van der Waals surface area (Å²) in [6.07, 6.45) is 4.12. The second-order valence-corrected chi connectivity index (χ2v) is 5.41. The third kappa shape index (κ3) is 3.93. The summed E-state index contributed by atoms with van der Waals surface area (Å²) in [6, 6.07) is 0. The van der Waals surface area contributed by atoms with Crippen molar-refractivity contribution in [1.29, 1.82) is 0 Å². The molecule has 0 aromatic rings. The Bertz CT molecular complexity index is 327. The van der Waals surface area contributed by atoms with Crippen molar-refractivity contribution in [2.45, 2.75) is 32.6 Å². The number of piperidine rings is 1. The van der Waals surface area contributed by atoms with Crippen LogP contribution in [0.2, 0.25) is 0 Å². The molecule has 0 radical (unpaired) electrons. The highest BCUT2D eigenvalue weighted by Crippen LogP contribution is 2.18. The topological polar surface area (TPSA) is 49.9 Å². The normalized spacial score (nSPS) is 24.5. The number of carbonyl (C=O) groups excluding carboxylic acids is 2. The Labute approximate surface area is 114 Å². The molecule has 2 rings (SSSR count). The van der Waals surface area contributed by atoms with Gasteiger partial charge in [-0.05, 0) is 45.7 Å². The summed E-state index contributed by atoms with van der Waals surface area (Å²) in [4.78, 5) is 28.0. The van der Waals surface area contributed by atoms with Crippen molar-refractivity contribution in [2.24, 2.45) is 5.92 Å². The minimum absolute atomic E-state index is 0.128. The molecule has 2 heterocycles. The van der Waals surface area contributed by atoms with Crippen LogP contribution in [0, 0.1) is 5.92 Å². The zero-order chi connectivity index (χ0) is 13.7. The molecule has 5 nitrogen and oxygen atoms in total. The van der Waals surface area contributed by atoms with E-state index < -0.39 is 0 Å². The van der Waals surface area contributed by atoms with E-state index in [1.54, 1.807) is 0 Å². The van der Waals surface area contributed by atoms with Gasteiger partial charge in [-0.25, -0.2) is 0 Å². The molecule has 108 valence electrons. The van der Waals surface area contributed by atoms with Crippen LogP contribution in [0.25, 0.3) is 0 Å². The highest BCUT2D eigenvalue weighted by molar-refractivity contribution is 5.80. The molecule has 2 fully saturated rings. The van der Waals surface area contributed by atoms with Gasteiger partial charge >= 0.3 is 5.97 Å². The highest BCUT2D eigenvalue weighted by atomic mass is 16.5. The first-order valence-electron chi connectivity index (χ1n) is 7.37. The van der Waals surface area contributed by atoms with Gasteiger partial charge in [0.2, 0.25) is 5.91 Å². The van der Waals surface area contributed by atoms with E-state index in [1.165, 1.54) is 12.8 Å².